The second-order valence-electron chi connectivity index (χ2n) is 4.57. The Hall–Kier alpha value is -2.95. The first-order valence-electron chi connectivity index (χ1n) is 6.43. The zero-order chi connectivity index (χ0) is 14.7. The van der Waals surface area contributed by atoms with E-state index in [2.05, 4.69) is 4.98 Å². The topological polar surface area (TPSA) is 65.3 Å². The van der Waals surface area contributed by atoms with Gasteiger partial charge in [0.25, 0.3) is 5.69 Å². The lowest BCUT2D eigenvalue weighted by molar-refractivity contribution is -0.384. The Morgan fingerprint density at radius 2 is 1.90 bits per heavy atom. The van der Waals surface area contributed by atoms with E-state index < -0.39 is 4.92 Å². The van der Waals surface area contributed by atoms with Crippen LogP contribution < -0.4 is 4.74 Å². The van der Waals surface area contributed by atoms with Gasteiger partial charge in [0.1, 0.15) is 12.4 Å². The van der Waals surface area contributed by atoms with E-state index in [0.717, 1.165) is 22.2 Å². The number of fused-ring (bicyclic) bond motifs is 1. The highest BCUT2D eigenvalue weighted by atomic mass is 16.6. The molecule has 1 aromatic heterocycles. The Morgan fingerprint density at radius 3 is 2.67 bits per heavy atom. The largest absolute Gasteiger partial charge is 0.489 e. The van der Waals surface area contributed by atoms with Gasteiger partial charge in [-0.15, -0.1) is 0 Å². The highest BCUT2D eigenvalue weighted by molar-refractivity contribution is 5.79. The third-order valence-corrected chi connectivity index (χ3v) is 3.13. The zero-order valence-corrected chi connectivity index (χ0v) is 11.1. The fraction of sp³-hybridized carbons (Fsp3) is 0.0625. The van der Waals surface area contributed by atoms with E-state index in [4.69, 9.17) is 4.74 Å². The van der Waals surface area contributed by atoms with Gasteiger partial charge in [0, 0.05) is 23.7 Å². The van der Waals surface area contributed by atoms with Crippen molar-refractivity contribution in [2.45, 2.75) is 6.61 Å². The maximum atomic E-state index is 10.6. The van der Waals surface area contributed by atoms with E-state index >= 15 is 0 Å². The molecule has 21 heavy (non-hydrogen) atoms. The van der Waals surface area contributed by atoms with Crippen molar-refractivity contribution >= 4 is 16.6 Å². The Kier molecular flexibility index (Phi) is 3.47. The van der Waals surface area contributed by atoms with Crippen LogP contribution in [0.3, 0.4) is 0 Å². The lowest BCUT2D eigenvalue weighted by Gasteiger charge is -2.07. The monoisotopic (exact) mass is 280 g/mol. The number of hydrogen-bond acceptors (Lipinski definition) is 4. The summed E-state index contributed by atoms with van der Waals surface area (Å²) in [5.74, 6) is 0.744. The van der Waals surface area contributed by atoms with Crippen LogP contribution in [0, 0.1) is 10.1 Å². The Balaban J connectivity index is 1.72. The molecule has 0 radical (unpaired) electrons. The third-order valence-electron chi connectivity index (χ3n) is 3.13. The maximum Gasteiger partial charge on any atom is 0.269 e. The molecule has 3 rings (SSSR count). The first kappa shape index (κ1) is 13.1. The Morgan fingerprint density at radius 1 is 1.10 bits per heavy atom. The third kappa shape index (κ3) is 2.97. The van der Waals surface area contributed by atoms with Crippen LogP contribution in [0.1, 0.15) is 5.56 Å². The van der Waals surface area contributed by atoms with Gasteiger partial charge >= 0.3 is 0 Å². The lowest BCUT2D eigenvalue weighted by Crippen LogP contribution is -1.96. The minimum absolute atomic E-state index is 0.0792. The summed E-state index contributed by atoms with van der Waals surface area (Å²) in [6.07, 6.45) is 1.75. The number of nitro groups is 1. The molecule has 0 aliphatic rings. The van der Waals surface area contributed by atoms with E-state index in [9.17, 15) is 10.1 Å². The summed E-state index contributed by atoms with van der Waals surface area (Å²) < 4.78 is 5.70. The van der Waals surface area contributed by atoms with Crippen LogP contribution in [0.15, 0.2) is 60.8 Å². The molecule has 2 aromatic carbocycles. The highest BCUT2D eigenvalue weighted by Gasteiger charge is 2.04. The van der Waals surface area contributed by atoms with Crippen LogP contribution in [-0.4, -0.2) is 9.91 Å². The Bertz CT molecular complexity index is 785. The average Bonchev–Trinajstić information content (AvgIpc) is 2.53. The van der Waals surface area contributed by atoms with Crippen molar-refractivity contribution in [1.82, 2.24) is 4.98 Å². The fourth-order valence-corrected chi connectivity index (χ4v) is 2.02. The molecule has 0 unspecified atom stereocenters. The molecule has 0 fully saturated rings. The predicted octanol–water partition coefficient (Wildman–Crippen LogP) is 3.72. The van der Waals surface area contributed by atoms with Gasteiger partial charge in [-0.05, 0) is 42.0 Å². The number of ether oxygens (including phenoxy) is 1. The standard InChI is InChI=1S/C16H12N2O3/c19-18(20)14-5-3-12(4-6-14)11-21-15-7-8-16-13(10-15)2-1-9-17-16/h1-10H,11H2. The second-order valence-corrected chi connectivity index (χ2v) is 4.57. The minimum Gasteiger partial charge on any atom is -0.489 e. The van der Waals surface area contributed by atoms with Crippen LogP contribution in [-0.2, 0) is 6.61 Å². The molecule has 104 valence electrons. The van der Waals surface area contributed by atoms with Crippen LogP contribution in [0.2, 0.25) is 0 Å². The van der Waals surface area contributed by atoms with Crippen molar-refractivity contribution in [3.8, 4) is 5.75 Å². The second kappa shape index (κ2) is 5.58. The van der Waals surface area contributed by atoms with E-state index in [0.29, 0.717) is 6.61 Å². The van der Waals surface area contributed by atoms with Gasteiger partial charge in [-0.1, -0.05) is 6.07 Å². The van der Waals surface area contributed by atoms with E-state index in [1.807, 2.05) is 30.3 Å². The van der Waals surface area contributed by atoms with Crippen LogP contribution in [0.25, 0.3) is 10.9 Å². The molecule has 0 bridgehead atoms. The van der Waals surface area contributed by atoms with Crippen molar-refractivity contribution in [1.29, 1.82) is 0 Å². The number of nitrogens with zero attached hydrogens (tertiary/aromatic N) is 2. The fourth-order valence-electron chi connectivity index (χ4n) is 2.02. The number of pyridine rings is 1. The predicted molar refractivity (Wildman–Crippen MR) is 79.2 cm³/mol. The summed E-state index contributed by atoms with van der Waals surface area (Å²) in [4.78, 5) is 14.4. The molecule has 0 saturated carbocycles. The summed E-state index contributed by atoms with van der Waals surface area (Å²) in [5.41, 5.74) is 1.88. The SMILES string of the molecule is O=[N+]([O-])c1ccc(COc2ccc3ncccc3c2)cc1. The molecule has 0 N–H and O–H groups in total. The van der Waals surface area contributed by atoms with E-state index in [-0.39, 0.29) is 5.69 Å². The van der Waals surface area contributed by atoms with Crippen LogP contribution >= 0.6 is 0 Å². The number of aromatic nitrogens is 1. The van der Waals surface area contributed by atoms with Crippen LogP contribution in [0.5, 0.6) is 5.75 Å². The summed E-state index contributed by atoms with van der Waals surface area (Å²) in [6, 6.07) is 15.9. The van der Waals surface area contributed by atoms with Crippen molar-refractivity contribution in [2.75, 3.05) is 0 Å². The van der Waals surface area contributed by atoms with Crippen molar-refractivity contribution in [2.24, 2.45) is 0 Å². The van der Waals surface area contributed by atoms with E-state index in [1.165, 1.54) is 12.1 Å². The molecule has 5 nitrogen and oxygen atoms in total. The number of non-ortho nitro benzene ring substituents is 1. The van der Waals surface area contributed by atoms with Crippen LogP contribution in [0.4, 0.5) is 5.69 Å². The summed E-state index contributed by atoms with van der Waals surface area (Å²) in [7, 11) is 0. The number of hydrogen-bond donors (Lipinski definition) is 0. The number of rotatable bonds is 4. The van der Waals surface area contributed by atoms with Gasteiger partial charge in [0.2, 0.25) is 0 Å². The van der Waals surface area contributed by atoms with Gasteiger partial charge in [-0.25, -0.2) is 0 Å². The lowest BCUT2D eigenvalue weighted by atomic mass is 10.2. The van der Waals surface area contributed by atoms with Crippen molar-refractivity contribution in [3.63, 3.8) is 0 Å². The molecule has 5 heteroatoms. The summed E-state index contributed by atoms with van der Waals surface area (Å²) in [6.45, 7) is 0.365. The molecule has 0 amide bonds. The summed E-state index contributed by atoms with van der Waals surface area (Å²) in [5, 5.41) is 11.6. The molecule has 0 aliphatic heterocycles. The normalized spacial score (nSPS) is 10.5. The smallest absolute Gasteiger partial charge is 0.269 e. The minimum atomic E-state index is -0.416. The molecule has 0 spiro atoms. The molecule has 0 saturated heterocycles. The van der Waals surface area contributed by atoms with E-state index in [1.54, 1.807) is 18.3 Å². The van der Waals surface area contributed by atoms with Crippen molar-refractivity contribution < 1.29 is 9.66 Å². The molecule has 0 aliphatic carbocycles. The van der Waals surface area contributed by atoms with Gasteiger partial charge in [-0.3, -0.25) is 15.1 Å². The average molecular weight is 280 g/mol. The molecule has 3 aromatic rings. The van der Waals surface area contributed by atoms with Gasteiger partial charge in [0.15, 0.2) is 0 Å². The van der Waals surface area contributed by atoms with Gasteiger partial charge in [0.05, 0.1) is 10.4 Å². The van der Waals surface area contributed by atoms with Gasteiger partial charge < -0.3 is 4.74 Å². The molecular formula is C16H12N2O3. The van der Waals surface area contributed by atoms with Gasteiger partial charge in [-0.2, -0.15) is 0 Å². The molecule has 0 atom stereocenters. The first-order valence-corrected chi connectivity index (χ1v) is 6.43. The molecule has 1 heterocycles. The maximum absolute atomic E-state index is 10.6. The first-order chi connectivity index (χ1) is 10.2. The van der Waals surface area contributed by atoms with Crippen molar-refractivity contribution in [3.05, 3.63) is 76.5 Å². The number of nitro benzene ring substituents is 1. The molecular weight excluding hydrogens is 268 g/mol. The highest BCUT2D eigenvalue weighted by Crippen LogP contribution is 2.20. The Labute approximate surface area is 121 Å². The number of benzene rings is 2. The summed E-state index contributed by atoms with van der Waals surface area (Å²) >= 11 is 0. The quantitative estimate of drug-likeness (QED) is 0.539. The zero-order valence-electron chi connectivity index (χ0n) is 11.1.